The maximum absolute atomic E-state index is 12.6. The average molecular weight is 446 g/mol. The molecule has 0 fully saturated rings. The molecule has 0 heterocycles. The third kappa shape index (κ3) is 5.16. The minimum absolute atomic E-state index is 0.0546. The lowest BCUT2D eigenvalue weighted by molar-refractivity contribution is 0.256. The van der Waals surface area contributed by atoms with Gasteiger partial charge in [0.1, 0.15) is 0 Å². The molecule has 0 aromatic heterocycles. The van der Waals surface area contributed by atoms with E-state index >= 15 is 0 Å². The van der Waals surface area contributed by atoms with E-state index in [1.807, 2.05) is 11.6 Å². The number of urea groups is 1. The Morgan fingerprint density at radius 2 is 1.20 bits per heavy atom. The Morgan fingerprint density at radius 1 is 0.667 bits per heavy atom. The van der Waals surface area contributed by atoms with Gasteiger partial charge in [-0.15, -0.1) is 0 Å². The number of rotatable bonds is 6. The fourth-order valence-electron chi connectivity index (χ4n) is 2.53. The minimum Gasteiger partial charge on any atom is -0.305 e. The molecule has 0 unspecified atom stereocenters. The molecule has 3 aromatic carbocycles. The zero-order chi connectivity index (χ0) is 21.8. The highest BCUT2D eigenvalue weighted by Gasteiger charge is 2.20. The van der Waals surface area contributed by atoms with Crippen LogP contribution in [-0.4, -0.2) is 22.9 Å². The molecule has 0 atom stereocenters. The molecule has 0 spiro atoms. The smallest absolute Gasteiger partial charge is 0.305 e. The van der Waals surface area contributed by atoms with Gasteiger partial charge in [0.25, 0.3) is 20.0 Å². The number of para-hydroxylation sites is 2. The van der Waals surface area contributed by atoms with Crippen LogP contribution in [0.4, 0.5) is 16.2 Å². The van der Waals surface area contributed by atoms with E-state index in [1.54, 1.807) is 30.3 Å². The fraction of sp³-hybridized carbons (Fsp3) is 0.0500. The molecule has 2 amide bonds. The van der Waals surface area contributed by atoms with Crippen molar-refractivity contribution in [1.29, 1.82) is 0 Å². The molecule has 8 nitrogen and oxygen atoms in total. The topological polar surface area (TPSA) is 121 Å². The normalized spacial score (nSPS) is 11.5. The second kappa shape index (κ2) is 8.56. The first-order valence-electron chi connectivity index (χ1n) is 8.75. The first-order chi connectivity index (χ1) is 14.2. The predicted octanol–water partition coefficient (Wildman–Crippen LogP) is 3.31. The van der Waals surface area contributed by atoms with Gasteiger partial charge < -0.3 is 5.32 Å². The Balaban J connectivity index is 1.78. The van der Waals surface area contributed by atoms with Crippen LogP contribution in [0.5, 0.6) is 0 Å². The number of carbonyl (C=O) groups excluding carboxylic acids is 1. The number of hydrogen-bond donors (Lipinski definition) is 3. The van der Waals surface area contributed by atoms with Gasteiger partial charge in [0, 0.05) is 0 Å². The summed E-state index contributed by atoms with van der Waals surface area (Å²) >= 11 is 0. The number of anilines is 2. The lowest BCUT2D eigenvalue weighted by Gasteiger charge is -2.14. The first-order valence-corrected chi connectivity index (χ1v) is 11.7. The van der Waals surface area contributed by atoms with Gasteiger partial charge >= 0.3 is 6.03 Å². The second-order valence-corrected chi connectivity index (χ2v) is 9.70. The van der Waals surface area contributed by atoms with Crippen LogP contribution in [0.2, 0.25) is 0 Å². The number of sulfonamides is 2. The Labute approximate surface area is 175 Å². The zero-order valence-electron chi connectivity index (χ0n) is 15.9. The number of carbonyl (C=O) groups is 1. The van der Waals surface area contributed by atoms with Crippen molar-refractivity contribution >= 4 is 37.5 Å². The van der Waals surface area contributed by atoms with E-state index < -0.39 is 26.1 Å². The lowest BCUT2D eigenvalue weighted by atomic mass is 10.2. The van der Waals surface area contributed by atoms with Gasteiger partial charge in [0.05, 0.1) is 21.2 Å². The van der Waals surface area contributed by atoms with Crippen LogP contribution in [0.1, 0.15) is 5.56 Å². The van der Waals surface area contributed by atoms with Crippen LogP contribution < -0.4 is 14.8 Å². The fourth-order valence-corrected chi connectivity index (χ4v) is 4.54. The molecular formula is C20H19N3O5S2. The SMILES string of the molecule is Cc1ccc(S(=O)(=O)Nc2ccccc2NC(=O)NS(=O)(=O)c2ccccc2)cc1. The third-order valence-corrected chi connectivity index (χ3v) is 6.76. The van der Waals surface area contributed by atoms with Gasteiger partial charge in [-0.1, -0.05) is 48.0 Å². The number of aryl methyl sites for hydroxylation is 1. The number of benzene rings is 3. The Bertz CT molecular complexity index is 1260. The molecule has 0 saturated heterocycles. The second-order valence-electron chi connectivity index (χ2n) is 6.34. The molecule has 3 N–H and O–H groups in total. The minimum atomic E-state index is -4.08. The summed E-state index contributed by atoms with van der Waals surface area (Å²) in [6.45, 7) is 1.84. The lowest BCUT2D eigenvalue weighted by Crippen LogP contribution is -2.34. The molecule has 0 aliphatic carbocycles. The summed E-state index contributed by atoms with van der Waals surface area (Å²) < 4.78 is 54.1. The van der Waals surface area contributed by atoms with E-state index in [-0.39, 0.29) is 21.2 Å². The van der Waals surface area contributed by atoms with Gasteiger partial charge in [0.2, 0.25) is 0 Å². The maximum atomic E-state index is 12.6. The quantitative estimate of drug-likeness (QED) is 0.537. The predicted molar refractivity (Wildman–Crippen MR) is 114 cm³/mol. The summed E-state index contributed by atoms with van der Waals surface area (Å²) in [6.07, 6.45) is 0. The number of hydrogen-bond acceptors (Lipinski definition) is 5. The van der Waals surface area contributed by atoms with E-state index in [1.165, 1.54) is 48.5 Å². The first kappa shape index (κ1) is 21.3. The summed E-state index contributed by atoms with van der Waals surface area (Å²) in [5.41, 5.74) is 1.09. The zero-order valence-corrected chi connectivity index (χ0v) is 17.5. The van der Waals surface area contributed by atoms with E-state index in [2.05, 4.69) is 10.0 Å². The van der Waals surface area contributed by atoms with Crippen LogP contribution in [0.15, 0.2) is 88.7 Å². The molecule has 10 heteroatoms. The summed E-state index contributed by atoms with van der Waals surface area (Å²) in [5.74, 6) is 0. The number of amides is 2. The third-order valence-electron chi connectivity index (χ3n) is 4.03. The van der Waals surface area contributed by atoms with Crippen molar-refractivity contribution in [2.45, 2.75) is 16.7 Å². The van der Waals surface area contributed by atoms with E-state index in [9.17, 15) is 21.6 Å². The molecule has 0 radical (unpaired) electrons. The molecule has 0 aliphatic heterocycles. The van der Waals surface area contributed by atoms with Crippen molar-refractivity contribution in [1.82, 2.24) is 4.72 Å². The van der Waals surface area contributed by atoms with E-state index in [0.29, 0.717) is 0 Å². The highest BCUT2D eigenvalue weighted by Crippen LogP contribution is 2.24. The molecule has 3 aromatic rings. The molecule has 3 rings (SSSR count). The maximum Gasteiger partial charge on any atom is 0.333 e. The van der Waals surface area contributed by atoms with E-state index in [0.717, 1.165) is 5.56 Å². The van der Waals surface area contributed by atoms with Crippen molar-refractivity contribution in [3.05, 3.63) is 84.4 Å². The molecule has 0 aliphatic rings. The average Bonchev–Trinajstić information content (AvgIpc) is 2.70. The van der Waals surface area contributed by atoms with Crippen LogP contribution in [0.25, 0.3) is 0 Å². The monoisotopic (exact) mass is 445 g/mol. The van der Waals surface area contributed by atoms with Crippen LogP contribution in [0.3, 0.4) is 0 Å². The van der Waals surface area contributed by atoms with Crippen molar-refractivity contribution < 1.29 is 21.6 Å². The molecule has 0 bridgehead atoms. The molecule has 156 valence electrons. The van der Waals surface area contributed by atoms with Gasteiger partial charge in [0.15, 0.2) is 0 Å². The molecule has 0 saturated carbocycles. The van der Waals surface area contributed by atoms with Gasteiger partial charge in [-0.2, -0.15) is 0 Å². The summed E-state index contributed by atoms with van der Waals surface area (Å²) in [4.78, 5) is 12.2. The Hall–Kier alpha value is -3.37. The van der Waals surface area contributed by atoms with Crippen LogP contribution in [0, 0.1) is 6.92 Å². The molecular weight excluding hydrogens is 426 g/mol. The van der Waals surface area contributed by atoms with Gasteiger partial charge in [-0.05, 0) is 43.3 Å². The molecule has 30 heavy (non-hydrogen) atoms. The standard InChI is InChI=1S/C20H19N3O5S2/c1-15-11-13-17(14-12-15)29(25,26)22-19-10-6-5-9-18(19)21-20(24)23-30(27,28)16-7-3-2-4-8-16/h2-14,22H,1H3,(H2,21,23,24). The van der Waals surface area contributed by atoms with Crippen molar-refractivity contribution in [3.63, 3.8) is 0 Å². The van der Waals surface area contributed by atoms with E-state index in [4.69, 9.17) is 0 Å². The van der Waals surface area contributed by atoms with Crippen molar-refractivity contribution in [2.75, 3.05) is 10.0 Å². The van der Waals surface area contributed by atoms with Crippen molar-refractivity contribution in [3.8, 4) is 0 Å². The van der Waals surface area contributed by atoms with Gasteiger partial charge in [-0.25, -0.2) is 26.4 Å². The Kier molecular flexibility index (Phi) is 6.09. The summed E-state index contributed by atoms with van der Waals surface area (Å²) in [7, 11) is -7.98. The summed E-state index contributed by atoms with van der Waals surface area (Å²) in [5, 5.41) is 2.36. The Morgan fingerprint density at radius 3 is 1.83 bits per heavy atom. The van der Waals surface area contributed by atoms with Gasteiger partial charge in [-0.3, -0.25) is 4.72 Å². The van der Waals surface area contributed by atoms with Crippen LogP contribution in [-0.2, 0) is 20.0 Å². The van der Waals surface area contributed by atoms with Crippen LogP contribution >= 0.6 is 0 Å². The number of nitrogens with one attached hydrogen (secondary N) is 3. The summed E-state index contributed by atoms with van der Waals surface area (Å²) in [6, 6.07) is 18.7. The van der Waals surface area contributed by atoms with Crippen molar-refractivity contribution in [2.24, 2.45) is 0 Å². The highest BCUT2D eigenvalue weighted by atomic mass is 32.2. The largest absolute Gasteiger partial charge is 0.333 e. The highest BCUT2D eigenvalue weighted by molar-refractivity contribution is 7.92.